The van der Waals surface area contributed by atoms with Crippen molar-refractivity contribution in [3.05, 3.63) is 0 Å². The Morgan fingerprint density at radius 1 is 1.29 bits per heavy atom. The van der Waals surface area contributed by atoms with E-state index in [1.165, 1.54) is 0 Å². The van der Waals surface area contributed by atoms with Gasteiger partial charge in [0.05, 0.1) is 0 Å². The van der Waals surface area contributed by atoms with Gasteiger partial charge in [-0.25, -0.2) is 0 Å². The molecule has 1 heterocycles. The monoisotopic (exact) mass is 262 g/mol. The highest BCUT2D eigenvalue weighted by atomic mass is 35.5. The van der Waals surface area contributed by atoms with Crippen LogP contribution in [0.3, 0.4) is 0 Å². The molecule has 1 amide bonds. The average Bonchev–Trinajstić information content (AvgIpc) is 2.28. The Bertz CT molecular complexity index is 211. The van der Waals surface area contributed by atoms with Crippen LogP contribution in [-0.4, -0.2) is 36.5 Å². The van der Waals surface area contributed by atoms with Gasteiger partial charge in [-0.3, -0.25) is 4.79 Å². The molecule has 1 N–H and O–H groups in total. The van der Waals surface area contributed by atoms with E-state index in [-0.39, 0.29) is 18.3 Å². The molecule has 1 fully saturated rings. The van der Waals surface area contributed by atoms with Crippen molar-refractivity contribution < 1.29 is 4.79 Å². The fraction of sp³-hybridized carbons (Fsp3) is 0.923. The summed E-state index contributed by atoms with van der Waals surface area (Å²) in [7, 11) is 0. The molecule has 0 bridgehead atoms. The number of nitrogens with one attached hydrogen (secondary N) is 1. The summed E-state index contributed by atoms with van der Waals surface area (Å²) in [6, 6.07) is 0.493. The molecule has 0 aromatic rings. The summed E-state index contributed by atoms with van der Waals surface area (Å²) in [6.45, 7) is 9.28. The quantitative estimate of drug-likeness (QED) is 0.826. The second-order valence-corrected chi connectivity index (χ2v) is 4.90. The maximum Gasteiger partial charge on any atom is 0.225 e. The molecule has 1 saturated heterocycles. The van der Waals surface area contributed by atoms with Crippen molar-refractivity contribution in [2.24, 2.45) is 5.92 Å². The Morgan fingerprint density at radius 2 is 1.88 bits per heavy atom. The SMILES string of the molecule is CCCN(CCC)C(=O)[C@H]1CCN[C@@H](C)C1.Cl. The van der Waals surface area contributed by atoms with Gasteiger partial charge in [0.2, 0.25) is 5.91 Å². The Balaban J connectivity index is 0.00000256. The first-order valence-corrected chi connectivity index (χ1v) is 6.71. The van der Waals surface area contributed by atoms with Gasteiger partial charge in [-0.15, -0.1) is 12.4 Å². The topological polar surface area (TPSA) is 32.3 Å². The molecule has 0 saturated carbocycles. The van der Waals surface area contributed by atoms with E-state index in [4.69, 9.17) is 0 Å². The highest BCUT2D eigenvalue weighted by Gasteiger charge is 2.27. The van der Waals surface area contributed by atoms with Gasteiger partial charge in [-0.2, -0.15) is 0 Å². The van der Waals surface area contributed by atoms with Crippen LogP contribution in [0, 0.1) is 5.92 Å². The molecule has 0 spiro atoms. The fourth-order valence-corrected chi connectivity index (χ4v) is 2.49. The zero-order chi connectivity index (χ0) is 12.0. The lowest BCUT2D eigenvalue weighted by Crippen LogP contribution is -2.44. The van der Waals surface area contributed by atoms with Gasteiger partial charge in [0, 0.05) is 25.0 Å². The summed E-state index contributed by atoms with van der Waals surface area (Å²) < 4.78 is 0. The number of nitrogens with zero attached hydrogens (tertiary/aromatic N) is 1. The smallest absolute Gasteiger partial charge is 0.225 e. The molecule has 0 unspecified atom stereocenters. The number of carbonyl (C=O) groups excluding carboxylic acids is 1. The van der Waals surface area contributed by atoms with E-state index in [9.17, 15) is 4.79 Å². The largest absolute Gasteiger partial charge is 0.342 e. The highest BCUT2D eigenvalue weighted by molar-refractivity contribution is 5.85. The highest BCUT2D eigenvalue weighted by Crippen LogP contribution is 2.19. The van der Waals surface area contributed by atoms with Crippen LogP contribution in [0.1, 0.15) is 46.5 Å². The lowest BCUT2D eigenvalue weighted by Gasteiger charge is -2.32. The molecule has 1 aliphatic heterocycles. The first-order chi connectivity index (χ1) is 7.69. The third-order valence-electron chi connectivity index (χ3n) is 3.27. The molecular formula is C13H27ClN2O. The van der Waals surface area contributed by atoms with Crippen LogP contribution in [0.25, 0.3) is 0 Å². The van der Waals surface area contributed by atoms with E-state index < -0.39 is 0 Å². The number of hydrogen-bond donors (Lipinski definition) is 1. The Morgan fingerprint density at radius 3 is 2.35 bits per heavy atom. The van der Waals surface area contributed by atoms with Crippen LogP contribution in [-0.2, 0) is 4.79 Å². The molecular weight excluding hydrogens is 236 g/mol. The van der Waals surface area contributed by atoms with Crippen molar-refractivity contribution in [1.29, 1.82) is 0 Å². The second kappa shape index (κ2) is 8.76. The first kappa shape index (κ1) is 16.7. The van der Waals surface area contributed by atoms with Gasteiger partial charge >= 0.3 is 0 Å². The summed E-state index contributed by atoms with van der Waals surface area (Å²) in [5, 5.41) is 3.40. The number of amides is 1. The van der Waals surface area contributed by atoms with Gasteiger partial charge in [0.15, 0.2) is 0 Å². The lowest BCUT2D eigenvalue weighted by atomic mass is 9.92. The standard InChI is InChI=1S/C13H26N2O.ClH/c1-4-8-15(9-5-2)13(16)12-6-7-14-11(3)10-12;/h11-12,14H,4-10H2,1-3H3;1H/t11-,12-;/m0./s1. The third kappa shape index (κ3) is 5.26. The zero-order valence-corrected chi connectivity index (χ0v) is 12.2. The van der Waals surface area contributed by atoms with Crippen LogP contribution >= 0.6 is 12.4 Å². The van der Waals surface area contributed by atoms with Crippen LogP contribution in [0.2, 0.25) is 0 Å². The van der Waals surface area contributed by atoms with Gasteiger partial charge < -0.3 is 10.2 Å². The van der Waals surface area contributed by atoms with Gasteiger partial charge in [0.1, 0.15) is 0 Å². The van der Waals surface area contributed by atoms with E-state index in [1.54, 1.807) is 0 Å². The number of halogens is 1. The molecule has 0 radical (unpaired) electrons. The molecule has 1 rings (SSSR count). The van der Waals surface area contributed by atoms with Crippen molar-refractivity contribution in [1.82, 2.24) is 10.2 Å². The van der Waals surface area contributed by atoms with Crippen molar-refractivity contribution in [3.63, 3.8) is 0 Å². The zero-order valence-electron chi connectivity index (χ0n) is 11.4. The lowest BCUT2D eigenvalue weighted by molar-refractivity contribution is -0.136. The molecule has 0 aromatic carbocycles. The molecule has 3 nitrogen and oxygen atoms in total. The Hall–Kier alpha value is -0.280. The third-order valence-corrected chi connectivity index (χ3v) is 3.27. The van der Waals surface area contributed by atoms with Crippen molar-refractivity contribution in [2.45, 2.75) is 52.5 Å². The Kier molecular flexibility index (Phi) is 8.61. The van der Waals surface area contributed by atoms with Crippen molar-refractivity contribution in [3.8, 4) is 0 Å². The fourth-order valence-electron chi connectivity index (χ4n) is 2.49. The molecule has 1 aliphatic rings. The number of hydrogen-bond acceptors (Lipinski definition) is 2. The Labute approximate surface area is 112 Å². The van der Waals surface area contributed by atoms with Gasteiger partial charge in [0.25, 0.3) is 0 Å². The molecule has 0 aromatic heterocycles. The maximum absolute atomic E-state index is 12.3. The van der Waals surface area contributed by atoms with Crippen LogP contribution in [0.4, 0.5) is 0 Å². The van der Waals surface area contributed by atoms with Crippen LogP contribution < -0.4 is 5.32 Å². The molecule has 17 heavy (non-hydrogen) atoms. The van der Waals surface area contributed by atoms with Crippen molar-refractivity contribution in [2.75, 3.05) is 19.6 Å². The van der Waals surface area contributed by atoms with Gasteiger partial charge in [-0.1, -0.05) is 13.8 Å². The normalized spacial score (nSPS) is 23.9. The molecule has 2 atom stereocenters. The molecule has 4 heteroatoms. The first-order valence-electron chi connectivity index (χ1n) is 6.71. The summed E-state index contributed by atoms with van der Waals surface area (Å²) in [5.41, 5.74) is 0. The summed E-state index contributed by atoms with van der Waals surface area (Å²) in [4.78, 5) is 14.4. The minimum atomic E-state index is 0. The second-order valence-electron chi connectivity index (χ2n) is 4.90. The molecule has 102 valence electrons. The van der Waals surface area contributed by atoms with Gasteiger partial charge in [-0.05, 0) is 39.2 Å². The summed E-state index contributed by atoms with van der Waals surface area (Å²) in [6.07, 6.45) is 4.13. The number of piperidine rings is 1. The average molecular weight is 263 g/mol. The summed E-state index contributed by atoms with van der Waals surface area (Å²) >= 11 is 0. The summed E-state index contributed by atoms with van der Waals surface area (Å²) in [5.74, 6) is 0.645. The van der Waals surface area contributed by atoms with E-state index >= 15 is 0 Å². The molecule has 0 aliphatic carbocycles. The predicted molar refractivity (Wildman–Crippen MR) is 74.6 cm³/mol. The number of carbonyl (C=O) groups is 1. The van der Waals surface area contributed by atoms with Crippen LogP contribution in [0.5, 0.6) is 0 Å². The number of rotatable bonds is 5. The van der Waals surface area contributed by atoms with E-state index in [2.05, 4.69) is 31.0 Å². The van der Waals surface area contributed by atoms with Crippen LogP contribution in [0.15, 0.2) is 0 Å². The van der Waals surface area contributed by atoms with Crippen molar-refractivity contribution >= 4 is 18.3 Å². The van der Waals surface area contributed by atoms with E-state index in [1.807, 2.05) is 0 Å². The predicted octanol–water partition coefficient (Wildman–Crippen LogP) is 2.44. The minimum Gasteiger partial charge on any atom is -0.342 e. The maximum atomic E-state index is 12.3. The van der Waals surface area contributed by atoms with E-state index in [0.29, 0.717) is 11.9 Å². The minimum absolute atomic E-state index is 0. The van der Waals surface area contributed by atoms with E-state index in [0.717, 1.165) is 45.3 Å².